The number of rotatable bonds is 2. The molecule has 0 spiro atoms. The Balaban J connectivity index is 2.27. The molecule has 0 radical (unpaired) electrons. The van der Waals surface area contributed by atoms with Gasteiger partial charge >= 0.3 is 0 Å². The molecule has 0 saturated carbocycles. The van der Waals surface area contributed by atoms with Crippen molar-refractivity contribution >= 4 is 11.0 Å². The average molecular weight is 270 g/mol. The third-order valence-corrected chi connectivity index (χ3v) is 3.49. The molecule has 2 aromatic carbocycles. The number of aryl methyl sites for hydroxylation is 2. The molecule has 0 aliphatic carbocycles. The van der Waals surface area contributed by atoms with Gasteiger partial charge in [-0.2, -0.15) is 0 Å². The Morgan fingerprint density at radius 2 is 2.00 bits per heavy atom. The van der Waals surface area contributed by atoms with Crippen LogP contribution in [0.5, 0.6) is 5.75 Å². The monoisotopic (exact) mass is 270 g/mol. The van der Waals surface area contributed by atoms with E-state index in [1.807, 2.05) is 30.5 Å². The summed E-state index contributed by atoms with van der Waals surface area (Å²) in [5, 5.41) is 9.85. The van der Waals surface area contributed by atoms with Crippen molar-refractivity contribution in [2.75, 3.05) is 0 Å². The summed E-state index contributed by atoms with van der Waals surface area (Å²) in [4.78, 5) is 4.55. The average Bonchev–Trinajstić information content (AvgIpc) is 2.79. The fourth-order valence-corrected chi connectivity index (χ4v) is 2.38. The van der Waals surface area contributed by atoms with Crippen LogP contribution in [0.2, 0.25) is 0 Å². The zero-order valence-corrected chi connectivity index (χ0v) is 11.4. The summed E-state index contributed by atoms with van der Waals surface area (Å²) in [5.41, 5.74) is 3.16. The Bertz CT molecular complexity index is 793. The van der Waals surface area contributed by atoms with Gasteiger partial charge in [0.05, 0.1) is 11.0 Å². The first-order chi connectivity index (χ1) is 9.60. The molecular weight excluding hydrogens is 255 g/mol. The van der Waals surface area contributed by atoms with Crippen molar-refractivity contribution in [3.8, 4) is 17.1 Å². The van der Waals surface area contributed by atoms with Gasteiger partial charge < -0.3 is 9.67 Å². The van der Waals surface area contributed by atoms with Crippen molar-refractivity contribution in [1.82, 2.24) is 9.55 Å². The van der Waals surface area contributed by atoms with Crippen LogP contribution in [0.3, 0.4) is 0 Å². The Hall–Kier alpha value is -2.36. The van der Waals surface area contributed by atoms with Crippen LogP contribution in [0.4, 0.5) is 4.39 Å². The Labute approximate surface area is 116 Å². The predicted molar refractivity (Wildman–Crippen MR) is 77.2 cm³/mol. The number of aromatic nitrogens is 2. The van der Waals surface area contributed by atoms with Gasteiger partial charge in [-0.25, -0.2) is 9.37 Å². The Kier molecular flexibility index (Phi) is 2.93. The maximum Gasteiger partial charge on any atom is 0.141 e. The lowest BCUT2D eigenvalue weighted by atomic mass is 10.1. The van der Waals surface area contributed by atoms with Gasteiger partial charge in [-0.3, -0.25) is 0 Å². The molecule has 3 nitrogen and oxygen atoms in total. The highest BCUT2D eigenvalue weighted by Gasteiger charge is 2.13. The summed E-state index contributed by atoms with van der Waals surface area (Å²) in [5.74, 6) is 0.706. The van der Waals surface area contributed by atoms with Crippen molar-refractivity contribution in [1.29, 1.82) is 0 Å². The molecule has 0 amide bonds. The van der Waals surface area contributed by atoms with Gasteiger partial charge in [0.2, 0.25) is 0 Å². The third-order valence-electron chi connectivity index (χ3n) is 3.49. The van der Waals surface area contributed by atoms with Crippen molar-refractivity contribution < 1.29 is 9.50 Å². The van der Waals surface area contributed by atoms with Crippen LogP contribution in [-0.2, 0) is 6.54 Å². The van der Waals surface area contributed by atoms with Crippen LogP contribution >= 0.6 is 0 Å². The largest absolute Gasteiger partial charge is 0.508 e. The van der Waals surface area contributed by atoms with Crippen molar-refractivity contribution in [2.24, 2.45) is 0 Å². The minimum atomic E-state index is -0.273. The standard InChI is InChI=1S/C16H15FN2O/c1-3-19-14-9-12(17)6-7-13(14)18-16(19)11-5-4-10(2)15(20)8-11/h4-9,20H,3H2,1-2H3. The van der Waals surface area contributed by atoms with Crippen LogP contribution in [-0.4, -0.2) is 14.7 Å². The normalized spacial score (nSPS) is 11.2. The lowest BCUT2D eigenvalue weighted by Gasteiger charge is -2.07. The molecule has 1 heterocycles. The SMILES string of the molecule is CCn1c(-c2ccc(C)c(O)c2)nc2ccc(F)cc21. The lowest BCUT2D eigenvalue weighted by molar-refractivity contribution is 0.471. The molecular formula is C16H15FN2O. The number of benzene rings is 2. The van der Waals surface area contributed by atoms with E-state index < -0.39 is 0 Å². The van der Waals surface area contributed by atoms with Gasteiger partial charge in [0, 0.05) is 12.1 Å². The molecule has 0 bridgehead atoms. The van der Waals surface area contributed by atoms with Gasteiger partial charge in [0.1, 0.15) is 17.4 Å². The zero-order valence-electron chi connectivity index (χ0n) is 11.4. The minimum Gasteiger partial charge on any atom is -0.508 e. The topological polar surface area (TPSA) is 38.0 Å². The van der Waals surface area contributed by atoms with Crippen molar-refractivity contribution in [3.05, 3.63) is 47.8 Å². The van der Waals surface area contributed by atoms with E-state index in [-0.39, 0.29) is 11.6 Å². The van der Waals surface area contributed by atoms with E-state index in [0.29, 0.717) is 6.54 Å². The predicted octanol–water partition coefficient (Wildman–Crippen LogP) is 3.88. The fourth-order valence-electron chi connectivity index (χ4n) is 2.38. The van der Waals surface area contributed by atoms with Gasteiger partial charge in [-0.15, -0.1) is 0 Å². The summed E-state index contributed by atoms with van der Waals surface area (Å²) in [6.07, 6.45) is 0. The van der Waals surface area contributed by atoms with Gasteiger partial charge in [0.25, 0.3) is 0 Å². The molecule has 0 aliphatic heterocycles. The zero-order chi connectivity index (χ0) is 14.3. The van der Waals surface area contributed by atoms with Gasteiger partial charge in [-0.1, -0.05) is 12.1 Å². The first kappa shape index (κ1) is 12.7. The summed E-state index contributed by atoms with van der Waals surface area (Å²) in [6.45, 7) is 4.52. The van der Waals surface area contributed by atoms with E-state index in [1.165, 1.54) is 12.1 Å². The molecule has 0 atom stereocenters. The highest BCUT2D eigenvalue weighted by Crippen LogP contribution is 2.29. The van der Waals surface area contributed by atoms with E-state index >= 15 is 0 Å². The smallest absolute Gasteiger partial charge is 0.141 e. The lowest BCUT2D eigenvalue weighted by Crippen LogP contribution is -1.97. The van der Waals surface area contributed by atoms with Crippen molar-refractivity contribution in [3.63, 3.8) is 0 Å². The molecule has 102 valence electrons. The minimum absolute atomic E-state index is 0.239. The molecule has 3 aromatic rings. The second-order valence-electron chi connectivity index (χ2n) is 4.81. The summed E-state index contributed by atoms with van der Waals surface area (Å²) in [7, 11) is 0. The summed E-state index contributed by atoms with van der Waals surface area (Å²) >= 11 is 0. The van der Waals surface area contributed by atoms with E-state index in [0.717, 1.165) is 28.0 Å². The first-order valence-electron chi connectivity index (χ1n) is 6.56. The number of aromatic hydroxyl groups is 1. The van der Waals surface area contributed by atoms with Crippen LogP contribution in [0, 0.1) is 12.7 Å². The number of phenolic OH excluding ortho intramolecular Hbond substituents is 1. The number of fused-ring (bicyclic) bond motifs is 1. The molecule has 3 rings (SSSR count). The molecule has 0 aliphatic rings. The third kappa shape index (κ3) is 1.93. The highest BCUT2D eigenvalue weighted by atomic mass is 19.1. The molecule has 1 N–H and O–H groups in total. The van der Waals surface area contributed by atoms with Gasteiger partial charge in [0.15, 0.2) is 0 Å². The van der Waals surface area contributed by atoms with E-state index in [4.69, 9.17) is 0 Å². The quantitative estimate of drug-likeness (QED) is 0.767. The Morgan fingerprint density at radius 1 is 1.20 bits per heavy atom. The van der Waals surface area contributed by atoms with Crippen LogP contribution in [0.25, 0.3) is 22.4 Å². The molecule has 4 heteroatoms. The van der Waals surface area contributed by atoms with E-state index in [2.05, 4.69) is 4.98 Å². The number of nitrogens with zero attached hydrogens (tertiary/aromatic N) is 2. The number of phenols is 1. The summed E-state index contributed by atoms with van der Waals surface area (Å²) in [6, 6.07) is 10.0. The number of imidazole rings is 1. The molecule has 20 heavy (non-hydrogen) atoms. The van der Waals surface area contributed by atoms with E-state index in [1.54, 1.807) is 12.1 Å². The van der Waals surface area contributed by atoms with Gasteiger partial charge in [-0.05, 0) is 43.7 Å². The maximum atomic E-state index is 13.4. The van der Waals surface area contributed by atoms with Crippen LogP contribution in [0.15, 0.2) is 36.4 Å². The number of hydrogen-bond donors (Lipinski definition) is 1. The van der Waals surface area contributed by atoms with Crippen LogP contribution in [0.1, 0.15) is 12.5 Å². The maximum absolute atomic E-state index is 13.4. The molecule has 0 unspecified atom stereocenters. The molecule has 1 aromatic heterocycles. The Morgan fingerprint density at radius 3 is 2.70 bits per heavy atom. The molecule has 0 fully saturated rings. The first-order valence-corrected chi connectivity index (χ1v) is 6.56. The van der Waals surface area contributed by atoms with E-state index in [9.17, 15) is 9.50 Å². The second kappa shape index (κ2) is 4.63. The highest BCUT2D eigenvalue weighted by molar-refractivity contribution is 5.81. The van der Waals surface area contributed by atoms with Crippen molar-refractivity contribution in [2.45, 2.75) is 20.4 Å². The second-order valence-corrected chi connectivity index (χ2v) is 4.81. The van der Waals surface area contributed by atoms with Crippen LogP contribution < -0.4 is 0 Å². The number of halogens is 1. The fraction of sp³-hybridized carbons (Fsp3) is 0.188. The summed E-state index contributed by atoms with van der Waals surface area (Å²) < 4.78 is 15.3. The molecule has 0 saturated heterocycles. The number of hydrogen-bond acceptors (Lipinski definition) is 2.